The molecule has 0 heterocycles. The molecule has 0 spiro atoms. The summed E-state index contributed by atoms with van der Waals surface area (Å²) in [4.78, 5) is 10.1. The number of hydrogen-bond donors (Lipinski definition) is 1. The van der Waals surface area contributed by atoms with Crippen LogP contribution in [0.25, 0.3) is 0 Å². The molecule has 0 saturated heterocycles. The molecular formula is C12H17NO4. The highest BCUT2D eigenvalue weighted by atomic mass is 16.6. The second kappa shape index (κ2) is 6.20. The molecule has 0 aliphatic carbocycles. The summed E-state index contributed by atoms with van der Waals surface area (Å²) in [6, 6.07) is 4.26. The fraction of sp³-hybridized carbons (Fsp3) is 0.500. The lowest BCUT2D eigenvalue weighted by Crippen LogP contribution is -2.12. The maximum atomic E-state index is 10.6. The van der Waals surface area contributed by atoms with Gasteiger partial charge < -0.3 is 9.84 Å². The Labute approximate surface area is 100 Å². The van der Waals surface area contributed by atoms with Gasteiger partial charge in [0.05, 0.1) is 17.6 Å². The van der Waals surface area contributed by atoms with Gasteiger partial charge in [0.2, 0.25) is 0 Å². The van der Waals surface area contributed by atoms with Gasteiger partial charge in [-0.05, 0) is 19.4 Å². The zero-order valence-electron chi connectivity index (χ0n) is 10.0. The number of benzene rings is 1. The van der Waals surface area contributed by atoms with E-state index in [1.54, 1.807) is 0 Å². The normalized spacial score (nSPS) is 12.2. The predicted molar refractivity (Wildman–Crippen MR) is 64.0 cm³/mol. The van der Waals surface area contributed by atoms with Crippen LogP contribution < -0.4 is 4.74 Å². The Balaban J connectivity index is 2.88. The topological polar surface area (TPSA) is 72.6 Å². The number of aliphatic hydroxyl groups is 1. The molecule has 0 aromatic heterocycles. The Morgan fingerprint density at radius 1 is 1.53 bits per heavy atom. The van der Waals surface area contributed by atoms with Crippen LogP contribution in [0.3, 0.4) is 0 Å². The number of rotatable bonds is 6. The van der Waals surface area contributed by atoms with Crippen molar-refractivity contribution in [1.82, 2.24) is 0 Å². The molecule has 0 aliphatic rings. The number of nitro benzene ring substituents is 1. The molecule has 1 atom stereocenters. The van der Waals surface area contributed by atoms with E-state index >= 15 is 0 Å². The summed E-state index contributed by atoms with van der Waals surface area (Å²) in [5.74, 6) is 0.513. The van der Waals surface area contributed by atoms with E-state index in [0.717, 1.165) is 12.8 Å². The van der Waals surface area contributed by atoms with Gasteiger partial charge in [0.25, 0.3) is 5.69 Å². The Kier molecular flexibility index (Phi) is 4.90. The summed E-state index contributed by atoms with van der Waals surface area (Å²) < 4.78 is 5.63. The summed E-state index contributed by atoms with van der Waals surface area (Å²) in [6.07, 6.45) is 1.94. The second-order valence-corrected chi connectivity index (χ2v) is 3.92. The standard InChI is InChI=1S/C12H17NO4/c1-3-4-9(2)17-12-6-5-11(13(15)16)7-10(12)8-14/h5-7,9,14H,3-4,8H2,1-2H3. The van der Waals surface area contributed by atoms with Crippen molar-refractivity contribution in [3.63, 3.8) is 0 Å². The van der Waals surface area contributed by atoms with E-state index in [1.807, 2.05) is 6.92 Å². The Morgan fingerprint density at radius 3 is 2.76 bits per heavy atom. The minimum atomic E-state index is -0.488. The Morgan fingerprint density at radius 2 is 2.24 bits per heavy atom. The van der Waals surface area contributed by atoms with Crippen molar-refractivity contribution in [3.05, 3.63) is 33.9 Å². The molecule has 0 bridgehead atoms. The van der Waals surface area contributed by atoms with E-state index in [4.69, 9.17) is 9.84 Å². The summed E-state index contributed by atoms with van der Waals surface area (Å²) in [7, 11) is 0. The summed E-state index contributed by atoms with van der Waals surface area (Å²) in [5, 5.41) is 19.8. The molecule has 17 heavy (non-hydrogen) atoms. The molecule has 0 fully saturated rings. The second-order valence-electron chi connectivity index (χ2n) is 3.92. The van der Waals surface area contributed by atoms with E-state index in [1.165, 1.54) is 18.2 Å². The number of non-ortho nitro benzene ring substituents is 1. The minimum Gasteiger partial charge on any atom is -0.490 e. The zero-order chi connectivity index (χ0) is 12.8. The van der Waals surface area contributed by atoms with Crippen molar-refractivity contribution < 1.29 is 14.8 Å². The largest absolute Gasteiger partial charge is 0.490 e. The first-order chi connectivity index (χ1) is 8.08. The number of nitro groups is 1. The van der Waals surface area contributed by atoms with Gasteiger partial charge in [0.1, 0.15) is 5.75 Å². The SMILES string of the molecule is CCCC(C)Oc1ccc([N+](=O)[O-])cc1CO. The maximum absolute atomic E-state index is 10.6. The number of ether oxygens (including phenoxy) is 1. The molecule has 0 radical (unpaired) electrons. The van der Waals surface area contributed by atoms with E-state index in [9.17, 15) is 10.1 Å². The third-order valence-corrected chi connectivity index (χ3v) is 2.45. The summed E-state index contributed by atoms with van der Waals surface area (Å²) in [6.45, 7) is 3.73. The van der Waals surface area contributed by atoms with Crippen LogP contribution in [0.5, 0.6) is 5.75 Å². The van der Waals surface area contributed by atoms with Crippen LogP contribution in [0.4, 0.5) is 5.69 Å². The molecule has 5 heteroatoms. The molecule has 1 aromatic carbocycles. The summed E-state index contributed by atoms with van der Waals surface area (Å²) >= 11 is 0. The molecule has 1 unspecified atom stereocenters. The molecule has 5 nitrogen and oxygen atoms in total. The van der Waals surface area contributed by atoms with Crippen LogP contribution in [0, 0.1) is 10.1 Å². The Bertz CT molecular complexity index is 392. The lowest BCUT2D eigenvalue weighted by molar-refractivity contribution is -0.385. The third-order valence-electron chi connectivity index (χ3n) is 2.45. The quantitative estimate of drug-likeness (QED) is 0.611. The zero-order valence-corrected chi connectivity index (χ0v) is 10.0. The van der Waals surface area contributed by atoms with Crippen LogP contribution in [-0.2, 0) is 6.61 Å². The van der Waals surface area contributed by atoms with Crippen LogP contribution >= 0.6 is 0 Å². The first kappa shape index (κ1) is 13.4. The van der Waals surface area contributed by atoms with Gasteiger partial charge in [-0.2, -0.15) is 0 Å². The van der Waals surface area contributed by atoms with E-state index in [0.29, 0.717) is 11.3 Å². The monoisotopic (exact) mass is 239 g/mol. The van der Waals surface area contributed by atoms with Gasteiger partial charge in [-0.25, -0.2) is 0 Å². The van der Waals surface area contributed by atoms with Crippen molar-refractivity contribution in [3.8, 4) is 5.75 Å². The van der Waals surface area contributed by atoms with Crippen molar-refractivity contribution in [2.75, 3.05) is 0 Å². The number of nitrogens with zero attached hydrogens (tertiary/aromatic N) is 1. The highest BCUT2D eigenvalue weighted by molar-refractivity contribution is 5.43. The highest BCUT2D eigenvalue weighted by Gasteiger charge is 2.12. The molecule has 1 rings (SSSR count). The molecule has 0 saturated carbocycles. The van der Waals surface area contributed by atoms with E-state index in [-0.39, 0.29) is 18.4 Å². The van der Waals surface area contributed by atoms with Crippen LogP contribution in [-0.4, -0.2) is 16.1 Å². The predicted octanol–water partition coefficient (Wildman–Crippen LogP) is 2.65. The fourth-order valence-electron chi connectivity index (χ4n) is 1.60. The molecule has 1 aromatic rings. The van der Waals surface area contributed by atoms with Gasteiger partial charge in [-0.1, -0.05) is 13.3 Å². The maximum Gasteiger partial charge on any atom is 0.270 e. The third kappa shape index (κ3) is 3.71. The van der Waals surface area contributed by atoms with Gasteiger partial charge in [0.15, 0.2) is 0 Å². The van der Waals surface area contributed by atoms with Gasteiger partial charge >= 0.3 is 0 Å². The molecular weight excluding hydrogens is 222 g/mol. The summed E-state index contributed by atoms with van der Waals surface area (Å²) in [5.41, 5.74) is 0.409. The van der Waals surface area contributed by atoms with Crippen molar-refractivity contribution in [1.29, 1.82) is 0 Å². The smallest absolute Gasteiger partial charge is 0.270 e. The first-order valence-electron chi connectivity index (χ1n) is 5.63. The van der Waals surface area contributed by atoms with Crippen molar-refractivity contribution in [2.24, 2.45) is 0 Å². The first-order valence-corrected chi connectivity index (χ1v) is 5.63. The fourth-order valence-corrected chi connectivity index (χ4v) is 1.60. The van der Waals surface area contributed by atoms with Crippen molar-refractivity contribution >= 4 is 5.69 Å². The van der Waals surface area contributed by atoms with Crippen molar-refractivity contribution in [2.45, 2.75) is 39.4 Å². The van der Waals surface area contributed by atoms with Crippen LogP contribution in [0.15, 0.2) is 18.2 Å². The van der Waals surface area contributed by atoms with Gasteiger partial charge in [-0.15, -0.1) is 0 Å². The highest BCUT2D eigenvalue weighted by Crippen LogP contribution is 2.25. The number of hydrogen-bond acceptors (Lipinski definition) is 4. The van der Waals surface area contributed by atoms with Gasteiger partial charge in [-0.3, -0.25) is 10.1 Å². The average Bonchev–Trinajstić information content (AvgIpc) is 2.29. The van der Waals surface area contributed by atoms with E-state index < -0.39 is 4.92 Å². The Hall–Kier alpha value is -1.62. The minimum absolute atomic E-state index is 0.0340. The van der Waals surface area contributed by atoms with Crippen LogP contribution in [0.1, 0.15) is 32.3 Å². The van der Waals surface area contributed by atoms with Gasteiger partial charge in [0, 0.05) is 17.7 Å². The molecule has 0 aliphatic heterocycles. The lowest BCUT2D eigenvalue weighted by Gasteiger charge is -2.16. The van der Waals surface area contributed by atoms with Crippen LogP contribution in [0.2, 0.25) is 0 Å². The molecule has 0 amide bonds. The van der Waals surface area contributed by atoms with E-state index in [2.05, 4.69) is 6.92 Å². The average molecular weight is 239 g/mol. The lowest BCUT2D eigenvalue weighted by atomic mass is 10.1. The molecule has 1 N–H and O–H groups in total. The number of aliphatic hydroxyl groups excluding tert-OH is 1. The molecule has 94 valence electrons.